The number of nitrogens with two attached hydrogens (primary N) is 1. The van der Waals surface area contributed by atoms with Gasteiger partial charge in [0.2, 0.25) is 0 Å². The van der Waals surface area contributed by atoms with Crippen LogP contribution in [-0.4, -0.2) is 22.0 Å². The van der Waals surface area contributed by atoms with Crippen LogP contribution in [0.2, 0.25) is 0 Å². The molecule has 2 rings (SSSR count). The van der Waals surface area contributed by atoms with Crippen LogP contribution in [0.3, 0.4) is 0 Å². The quantitative estimate of drug-likeness (QED) is 0.861. The van der Waals surface area contributed by atoms with E-state index in [1.165, 1.54) is 16.7 Å². The number of carbonyl (C=O) groups excluding carboxylic acids is 1. The number of rotatable bonds is 2. The Labute approximate surface area is 105 Å². The minimum Gasteiger partial charge on any atom is -0.461 e. The van der Waals surface area contributed by atoms with Crippen molar-refractivity contribution in [1.82, 2.24) is 9.38 Å². The summed E-state index contributed by atoms with van der Waals surface area (Å²) in [6, 6.07) is 1.23. The van der Waals surface area contributed by atoms with E-state index in [2.05, 4.69) is 20.9 Å². The SMILES string of the molecule is CCOC(=O)c1nc2c(Br)c(F)ccn2c1N. The minimum atomic E-state index is -0.624. The van der Waals surface area contributed by atoms with Crippen LogP contribution < -0.4 is 5.73 Å². The highest BCUT2D eigenvalue weighted by molar-refractivity contribution is 9.10. The van der Waals surface area contributed by atoms with E-state index in [-0.39, 0.29) is 28.2 Å². The average Bonchev–Trinajstić information content (AvgIpc) is 2.63. The van der Waals surface area contributed by atoms with Crippen LogP contribution in [0.25, 0.3) is 5.65 Å². The van der Waals surface area contributed by atoms with Gasteiger partial charge in [0.25, 0.3) is 0 Å². The Kier molecular flexibility index (Phi) is 3.01. The zero-order chi connectivity index (χ0) is 12.6. The van der Waals surface area contributed by atoms with Gasteiger partial charge in [-0.15, -0.1) is 0 Å². The van der Waals surface area contributed by atoms with Gasteiger partial charge in [-0.25, -0.2) is 14.2 Å². The third-order valence-corrected chi connectivity index (χ3v) is 2.93. The molecule has 2 N–H and O–H groups in total. The molecule has 0 saturated carbocycles. The van der Waals surface area contributed by atoms with Crippen LogP contribution in [0.5, 0.6) is 0 Å². The van der Waals surface area contributed by atoms with E-state index in [0.29, 0.717) is 0 Å². The van der Waals surface area contributed by atoms with Crippen LogP contribution >= 0.6 is 15.9 Å². The summed E-state index contributed by atoms with van der Waals surface area (Å²) in [7, 11) is 0. The Hall–Kier alpha value is -1.63. The fourth-order valence-electron chi connectivity index (χ4n) is 1.42. The molecule has 0 aliphatic carbocycles. The number of hydrogen-bond acceptors (Lipinski definition) is 4. The summed E-state index contributed by atoms with van der Waals surface area (Å²) in [5.74, 6) is -0.974. The first kappa shape index (κ1) is 11.8. The molecule has 0 radical (unpaired) electrons. The molecule has 0 aromatic carbocycles. The molecule has 0 atom stereocenters. The molecule has 90 valence electrons. The highest BCUT2D eigenvalue weighted by Crippen LogP contribution is 2.25. The number of pyridine rings is 1. The highest BCUT2D eigenvalue weighted by Gasteiger charge is 2.20. The van der Waals surface area contributed by atoms with Crippen molar-refractivity contribution in [2.45, 2.75) is 6.92 Å². The fourth-order valence-corrected chi connectivity index (χ4v) is 1.83. The van der Waals surface area contributed by atoms with Crippen molar-refractivity contribution in [2.75, 3.05) is 12.3 Å². The van der Waals surface area contributed by atoms with E-state index >= 15 is 0 Å². The van der Waals surface area contributed by atoms with Crippen molar-refractivity contribution in [3.05, 3.63) is 28.2 Å². The number of carbonyl (C=O) groups is 1. The molecule has 0 unspecified atom stereocenters. The highest BCUT2D eigenvalue weighted by atomic mass is 79.9. The normalized spacial score (nSPS) is 10.8. The third-order valence-electron chi connectivity index (χ3n) is 2.19. The molecular weight excluding hydrogens is 293 g/mol. The van der Waals surface area contributed by atoms with Gasteiger partial charge in [0, 0.05) is 6.20 Å². The lowest BCUT2D eigenvalue weighted by Gasteiger charge is -1.99. The van der Waals surface area contributed by atoms with Crippen molar-refractivity contribution in [3.63, 3.8) is 0 Å². The molecule has 2 heterocycles. The monoisotopic (exact) mass is 301 g/mol. The molecule has 5 nitrogen and oxygen atoms in total. The summed E-state index contributed by atoms with van der Waals surface area (Å²) in [5, 5.41) is 0. The average molecular weight is 302 g/mol. The van der Waals surface area contributed by atoms with Crippen molar-refractivity contribution in [2.24, 2.45) is 0 Å². The topological polar surface area (TPSA) is 69.6 Å². The molecule has 0 fully saturated rings. The minimum absolute atomic E-state index is 0.0156. The Morgan fingerprint density at radius 1 is 1.71 bits per heavy atom. The van der Waals surface area contributed by atoms with Crippen LogP contribution in [0.4, 0.5) is 10.2 Å². The molecule has 0 amide bonds. The van der Waals surface area contributed by atoms with Crippen LogP contribution in [0, 0.1) is 5.82 Å². The largest absolute Gasteiger partial charge is 0.461 e. The number of nitrogen functional groups attached to an aromatic ring is 1. The lowest BCUT2D eigenvalue weighted by atomic mass is 10.4. The first-order chi connectivity index (χ1) is 8.06. The summed E-state index contributed by atoms with van der Waals surface area (Å²) in [6.07, 6.45) is 1.40. The number of anilines is 1. The van der Waals surface area contributed by atoms with Gasteiger partial charge in [-0.3, -0.25) is 4.40 Å². The lowest BCUT2D eigenvalue weighted by molar-refractivity contribution is 0.0521. The molecule has 0 spiro atoms. The van der Waals surface area contributed by atoms with E-state index in [4.69, 9.17) is 10.5 Å². The van der Waals surface area contributed by atoms with E-state index in [1.54, 1.807) is 6.92 Å². The van der Waals surface area contributed by atoms with Gasteiger partial charge in [0.15, 0.2) is 11.3 Å². The number of halogens is 2. The van der Waals surface area contributed by atoms with Gasteiger partial charge < -0.3 is 10.5 Å². The summed E-state index contributed by atoms with van der Waals surface area (Å²) >= 11 is 3.05. The van der Waals surface area contributed by atoms with Crippen LogP contribution in [0.1, 0.15) is 17.4 Å². The van der Waals surface area contributed by atoms with Crippen molar-refractivity contribution in [1.29, 1.82) is 0 Å². The Balaban J connectivity index is 2.64. The number of ether oxygens (including phenoxy) is 1. The predicted octanol–water partition coefficient (Wildman–Crippen LogP) is 1.99. The number of nitrogens with zero attached hydrogens (tertiary/aromatic N) is 2. The number of esters is 1. The lowest BCUT2D eigenvalue weighted by Crippen LogP contribution is -2.08. The molecule has 0 saturated heterocycles. The van der Waals surface area contributed by atoms with Crippen molar-refractivity contribution < 1.29 is 13.9 Å². The maximum absolute atomic E-state index is 13.3. The first-order valence-electron chi connectivity index (χ1n) is 4.85. The molecule has 0 bridgehead atoms. The smallest absolute Gasteiger partial charge is 0.360 e. The van der Waals surface area contributed by atoms with Crippen LogP contribution in [0.15, 0.2) is 16.7 Å². The van der Waals surface area contributed by atoms with Gasteiger partial charge in [-0.05, 0) is 28.9 Å². The zero-order valence-corrected chi connectivity index (χ0v) is 10.5. The van der Waals surface area contributed by atoms with Crippen LogP contribution in [-0.2, 0) is 4.74 Å². The summed E-state index contributed by atoms with van der Waals surface area (Å²) < 4.78 is 19.7. The second-order valence-corrected chi connectivity index (χ2v) is 4.03. The molecule has 17 heavy (non-hydrogen) atoms. The zero-order valence-electron chi connectivity index (χ0n) is 8.91. The Morgan fingerprint density at radius 2 is 2.41 bits per heavy atom. The molecular formula is C10H9BrFN3O2. The molecule has 2 aromatic heterocycles. The molecule has 0 aliphatic heterocycles. The van der Waals surface area contributed by atoms with Gasteiger partial charge in [0.05, 0.1) is 11.1 Å². The van der Waals surface area contributed by atoms with Crippen molar-refractivity contribution in [3.8, 4) is 0 Å². The maximum Gasteiger partial charge on any atom is 0.360 e. The van der Waals surface area contributed by atoms with Gasteiger partial charge in [0.1, 0.15) is 11.6 Å². The van der Waals surface area contributed by atoms with Gasteiger partial charge in [-0.1, -0.05) is 0 Å². The van der Waals surface area contributed by atoms with E-state index in [1.807, 2.05) is 0 Å². The maximum atomic E-state index is 13.3. The predicted molar refractivity (Wildman–Crippen MR) is 63.2 cm³/mol. The van der Waals surface area contributed by atoms with Gasteiger partial charge >= 0.3 is 5.97 Å². The Bertz CT molecular complexity index is 597. The molecule has 2 aromatic rings. The Morgan fingerprint density at radius 3 is 3.06 bits per heavy atom. The first-order valence-corrected chi connectivity index (χ1v) is 5.64. The number of hydrogen-bond donors (Lipinski definition) is 1. The molecule has 7 heteroatoms. The summed E-state index contributed by atoms with van der Waals surface area (Å²) in [5.41, 5.74) is 5.97. The van der Waals surface area contributed by atoms with E-state index in [0.717, 1.165) is 0 Å². The van der Waals surface area contributed by atoms with Gasteiger partial charge in [-0.2, -0.15) is 0 Å². The number of fused-ring (bicyclic) bond motifs is 1. The standard InChI is InChI=1S/C10H9BrFN3O2/c1-2-17-10(16)7-8(13)15-4-3-5(12)6(11)9(15)14-7/h3-4H,2,13H2,1H3. The third kappa shape index (κ3) is 1.86. The molecule has 0 aliphatic rings. The second kappa shape index (κ2) is 4.33. The van der Waals surface area contributed by atoms with Crippen molar-refractivity contribution >= 4 is 33.4 Å². The van der Waals surface area contributed by atoms with E-state index in [9.17, 15) is 9.18 Å². The summed E-state index contributed by atoms with van der Waals surface area (Å²) in [4.78, 5) is 15.5. The second-order valence-electron chi connectivity index (χ2n) is 3.24. The summed E-state index contributed by atoms with van der Waals surface area (Å²) in [6.45, 7) is 1.90. The number of imidazole rings is 1. The van der Waals surface area contributed by atoms with E-state index < -0.39 is 11.8 Å². The fraction of sp³-hybridized carbons (Fsp3) is 0.200. The number of aromatic nitrogens is 2.